The van der Waals surface area contributed by atoms with Crippen molar-refractivity contribution in [3.05, 3.63) is 108 Å². The number of para-hydroxylation sites is 3. The molecule has 4 heteroatoms. The van der Waals surface area contributed by atoms with Crippen molar-refractivity contribution >= 4 is 0 Å². The number of nitrogens with zero attached hydrogens (tertiary/aromatic N) is 2. The molecule has 0 spiro atoms. The van der Waals surface area contributed by atoms with Crippen molar-refractivity contribution in [3.63, 3.8) is 0 Å². The van der Waals surface area contributed by atoms with Crippen LogP contribution in [0.25, 0.3) is 5.69 Å². The molecule has 29 heavy (non-hydrogen) atoms. The third kappa shape index (κ3) is 4.69. The Balaban J connectivity index is 0.00000240. The molecule has 4 aromatic rings. The summed E-state index contributed by atoms with van der Waals surface area (Å²) < 4.78 is 10.4. The molecule has 3 aromatic carbocycles. The van der Waals surface area contributed by atoms with Crippen molar-refractivity contribution in [1.29, 1.82) is 0 Å². The standard InChI is InChI=1S/C25H25N2O.ClH/c1-19-15-20(2)23(21(3)16-19)17-26-13-14-27(18-26)24-11-7-8-12-25(24)28-22-9-5-4-6-10-22;/h4-16,18H,17H2,1-3H3;1H/q+1;/p-1. The van der Waals surface area contributed by atoms with Crippen LogP contribution in [-0.4, -0.2) is 4.57 Å². The Morgan fingerprint density at radius 2 is 1.52 bits per heavy atom. The summed E-state index contributed by atoms with van der Waals surface area (Å²) in [5.41, 5.74) is 6.38. The van der Waals surface area contributed by atoms with Gasteiger partial charge in [-0.25, -0.2) is 4.57 Å². The minimum atomic E-state index is 0. The van der Waals surface area contributed by atoms with E-state index in [1.165, 1.54) is 22.3 Å². The summed E-state index contributed by atoms with van der Waals surface area (Å²) in [7, 11) is 0. The second-order valence-corrected chi connectivity index (χ2v) is 7.25. The summed E-state index contributed by atoms with van der Waals surface area (Å²) in [5.74, 6) is 1.67. The highest BCUT2D eigenvalue weighted by molar-refractivity contribution is 5.48. The molecule has 1 heterocycles. The van der Waals surface area contributed by atoms with Crippen molar-refractivity contribution in [2.45, 2.75) is 27.3 Å². The molecule has 3 nitrogen and oxygen atoms in total. The zero-order valence-electron chi connectivity index (χ0n) is 17.0. The summed E-state index contributed by atoms with van der Waals surface area (Å²) in [5, 5.41) is 0. The highest BCUT2D eigenvalue weighted by Crippen LogP contribution is 2.27. The van der Waals surface area contributed by atoms with E-state index >= 15 is 0 Å². The lowest BCUT2D eigenvalue weighted by atomic mass is 10.00. The van der Waals surface area contributed by atoms with Gasteiger partial charge in [-0.05, 0) is 61.7 Å². The quantitative estimate of drug-likeness (QED) is 0.467. The van der Waals surface area contributed by atoms with Gasteiger partial charge in [0.2, 0.25) is 6.33 Å². The molecule has 1 aromatic heterocycles. The van der Waals surface area contributed by atoms with Gasteiger partial charge in [0.15, 0.2) is 11.4 Å². The van der Waals surface area contributed by atoms with Crippen molar-refractivity contribution in [2.75, 3.05) is 0 Å². The normalized spacial score (nSPS) is 10.4. The maximum atomic E-state index is 6.11. The van der Waals surface area contributed by atoms with E-state index in [1.807, 2.05) is 48.5 Å². The zero-order valence-corrected chi connectivity index (χ0v) is 17.7. The third-order valence-electron chi connectivity index (χ3n) is 4.99. The molecule has 4 rings (SSSR count). The molecule has 0 saturated carbocycles. The van der Waals surface area contributed by atoms with Crippen molar-refractivity contribution in [2.24, 2.45) is 0 Å². The average molecular weight is 405 g/mol. The molecule has 0 unspecified atom stereocenters. The minimum absolute atomic E-state index is 0. The lowest BCUT2D eigenvalue weighted by Gasteiger charge is -2.09. The highest BCUT2D eigenvalue weighted by Gasteiger charge is 2.14. The van der Waals surface area contributed by atoms with Gasteiger partial charge in [-0.3, -0.25) is 0 Å². The van der Waals surface area contributed by atoms with E-state index in [4.69, 9.17) is 4.74 Å². The largest absolute Gasteiger partial charge is 1.00 e. The lowest BCUT2D eigenvalue weighted by Crippen LogP contribution is -3.00. The van der Waals surface area contributed by atoms with Crippen LogP contribution in [0.4, 0.5) is 0 Å². The summed E-state index contributed by atoms with van der Waals surface area (Å²) in [6.07, 6.45) is 6.30. The summed E-state index contributed by atoms with van der Waals surface area (Å²) in [6.45, 7) is 7.38. The van der Waals surface area contributed by atoms with Gasteiger partial charge in [0.05, 0.1) is 0 Å². The van der Waals surface area contributed by atoms with Crippen LogP contribution < -0.4 is 21.7 Å². The molecular weight excluding hydrogens is 380 g/mol. The first-order valence-corrected chi connectivity index (χ1v) is 9.56. The van der Waals surface area contributed by atoms with Gasteiger partial charge in [0, 0.05) is 0 Å². The van der Waals surface area contributed by atoms with Gasteiger partial charge >= 0.3 is 0 Å². The SMILES string of the molecule is Cc1cc(C)c(C[n+]2ccn(-c3ccccc3Oc3ccccc3)c2)c(C)c1.[Cl-]. The second-order valence-electron chi connectivity index (χ2n) is 7.25. The fourth-order valence-electron chi connectivity index (χ4n) is 3.64. The van der Waals surface area contributed by atoms with Crippen LogP contribution in [0, 0.1) is 20.8 Å². The number of imidazole rings is 1. The van der Waals surface area contributed by atoms with E-state index < -0.39 is 0 Å². The molecule has 0 radical (unpaired) electrons. The lowest BCUT2D eigenvalue weighted by molar-refractivity contribution is -0.687. The second kappa shape index (κ2) is 8.97. The Morgan fingerprint density at radius 3 is 2.24 bits per heavy atom. The first-order valence-electron chi connectivity index (χ1n) is 9.56. The van der Waals surface area contributed by atoms with Gasteiger partial charge in [0.25, 0.3) is 0 Å². The Kier molecular flexibility index (Phi) is 6.40. The van der Waals surface area contributed by atoms with E-state index in [9.17, 15) is 0 Å². The fraction of sp³-hybridized carbons (Fsp3) is 0.160. The van der Waals surface area contributed by atoms with Gasteiger partial charge in [-0.15, -0.1) is 0 Å². The number of rotatable bonds is 5. The van der Waals surface area contributed by atoms with E-state index in [0.29, 0.717) is 0 Å². The van der Waals surface area contributed by atoms with Crippen molar-refractivity contribution in [3.8, 4) is 17.2 Å². The molecule has 0 N–H and O–H groups in total. The molecule has 0 aliphatic carbocycles. The average Bonchev–Trinajstić information content (AvgIpc) is 3.14. The number of ether oxygens (including phenoxy) is 1. The Bertz CT molecular complexity index is 1080. The molecule has 0 atom stereocenters. The Morgan fingerprint density at radius 1 is 0.862 bits per heavy atom. The molecule has 0 fully saturated rings. The summed E-state index contributed by atoms with van der Waals surface area (Å²) >= 11 is 0. The fourth-order valence-corrected chi connectivity index (χ4v) is 3.64. The first-order chi connectivity index (χ1) is 13.6. The minimum Gasteiger partial charge on any atom is -1.00 e. The molecule has 0 amide bonds. The molecule has 0 bridgehead atoms. The summed E-state index contributed by atoms with van der Waals surface area (Å²) in [6, 6.07) is 22.5. The predicted molar refractivity (Wildman–Crippen MR) is 112 cm³/mol. The number of benzene rings is 3. The van der Waals surface area contributed by atoms with E-state index in [2.05, 4.69) is 66.8 Å². The van der Waals surface area contributed by atoms with Crippen molar-refractivity contribution < 1.29 is 21.7 Å². The number of aryl methyl sites for hydroxylation is 3. The number of aromatic nitrogens is 2. The van der Waals surface area contributed by atoms with Gasteiger partial charge in [0.1, 0.15) is 24.7 Å². The smallest absolute Gasteiger partial charge is 0.249 e. The van der Waals surface area contributed by atoms with Crippen LogP contribution in [-0.2, 0) is 6.54 Å². The predicted octanol–water partition coefficient (Wildman–Crippen LogP) is 2.53. The summed E-state index contributed by atoms with van der Waals surface area (Å²) in [4.78, 5) is 0. The van der Waals surface area contributed by atoms with Gasteiger partial charge in [-0.1, -0.05) is 48.0 Å². The Labute approximate surface area is 178 Å². The topological polar surface area (TPSA) is 18.0 Å². The van der Waals surface area contributed by atoms with E-state index in [1.54, 1.807) is 0 Å². The molecule has 0 aliphatic rings. The van der Waals surface area contributed by atoms with Gasteiger partial charge in [-0.2, -0.15) is 4.57 Å². The van der Waals surface area contributed by atoms with Gasteiger partial charge < -0.3 is 17.1 Å². The maximum Gasteiger partial charge on any atom is 0.249 e. The zero-order chi connectivity index (χ0) is 19.5. The first kappa shape index (κ1) is 20.7. The van der Waals surface area contributed by atoms with Crippen LogP contribution in [0.5, 0.6) is 11.5 Å². The van der Waals surface area contributed by atoms with Crippen LogP contribution in [0.1, 0.15) is 22.3 Å². The third-order valence-corrected chi connectivity index (χ3v) is 4.99. The van der Waals surface area contributed by atoms with Crippen LogP contribution in [0.2, 0.25) is 0 Å². The molecule has 0 saturated heterocycles. The molecule has 148 valence electrons. The van der Waals surface area contributed by atoms with E-state index in [-0.39, 0.29) is 12.4 Å². The maximum absolute atomic E-state index is 6.11. The molecular formula is C25H25ClN2O. The number of halogens is 1. The van der Waals surface area contributed by atoms with Crippen LogP contribution >= 0.6 is 0 Å². The Hall–Kier alpha value is -3.04. The van der Waals surface area contributed by atoms with Crippen LogP contribution in [0.3, 0.4) is 0 Å². The van der Waals surface area contributed by atoms with E-state index in [0.717, 1.165) is 23.7 Å². The number of hydrogen-bond acceptors (Lipinski definition) is 1. The van der Waals surface area contributed by atoms with Crippen molar-refractivity contribution in [1.82, 2.24) is 4.57 Å². The molecule has 0 aliphatic heterocycles. The number of hydrogen-bond donors (Lipinski definition) is 0. The highest BCUT2D eigenvalue weighted by atomic mass is 35.5. The monoisotopic (exact) mass is 404 g/mol. The van der Waals surface area contributed by atoms with Crippen LogP contribution in [0.15, 0.2) is 85.5 Å².